The number of hydrogen-bond acceptors (Lipinski definition) is 4. The molecule has 0 bridgehead atoms. The Morgan fingerprint density at radius 3 is 2.09 bits per heavy atom. The van der Waals surface area contributed by atoms with Crippen LogP contribution in [-0.4, -0.2) is 32.6 Å². The van der Waals surface area contributed by atoms with Crippen LogP contribution in [0.5, 0.6) is 0 Å². The summed E-state index contributed by atoms with van der Waals surface area (Å²) >= 11 is 0. The van der Waals surface area contributed by atoms with Gasteiger partial charge in [-0.25, -0.2) is 9.79 Å². The second kappa shape index (κ2) is 13.9. The molecule has 4 heteroatoms. The van der Waals surface area contributed by atoms with Gasteiger partial charge in [-0.3, -0.25) is 0 Å². The summed E-state index contributed by atoms with van der Waals surface area (Å²) in [5, 5.41) is 0. The fourth-order valence-corrected chi connectivity index (χ4v) is 3.21. The smallest absolute Gasteiger partial charge is 0.234 e. The Hall–Kier alpha value is -0.700. The van der Waals surface area contributed by atoms with Crippen LogP contribution < -0.4 is 0 Å². The van der Waals surface area contributed by atoms with E-state index in [-0.39, 0.29) is 0 Å². The molecule has 22 heavy (non-hydrogen) atoms. The third kappa shape index (κ3) is 8.07. The van der Waals surface area contributed by atoms with Gasteiger partial charge in [0, 0.05) is 20.1 Å². The van der Waals surface area contributed by atoms with E-state index in [0.29, 0.717) is 12.5 Å². The molecule has 1 atom stereocenters. The van der Waals surface area contributed by atoms with Gasteiger partial charge in [-0.2, -0.15) is 0 Å². The maximum Gasteiger partial charge on any atom is 0.234 e. The fourth-order valence-electron chi connectivity index (χ4n) is 3.21. The summed E-state index contributed by atoms with van der Waals surface area (Å²) in [6.07, 6.45) is 13.1. The van der Waals surface area contributed by atoms with Gasteiger partial charge in [-0.15, -0.1) is 0 Å². The predicted molar refractivity (Wildman–Crippen MR) is 90.7 cm³/mol. The second-order valence-corrected chi connectivity index (χ2v) is 5.94. The van der Waals surface area contributed by atoms with Gasteiger partial charge in [-0.05, 0) is 25.7 Å². The van der Waals surface area contributed by atoms with Crippen LogP contribution in [0.2, 0.25) is 0 Å². The minimum Gasteiger partial charge on any atom is -0.353 e. The molecule has 0 aliphatic rings. The van der Waals surface area contributed by atoms with E-state index < -0.39 is 5.79 Å². The van der Waals surface area contributed by atoms with Crippen molar-refractivity contribution in [1.82, 2.24) is 0 Å². The summed E-state index contributed by atoms with van der Waals surface area (Å²) in [7, 11) is 3.45. The molecule has 1 unspecified atom stereocenters. The molecule has 0 aromatic heterocycles. The van der Waals surface area contributed by atoms with Crippen molar-refractivity contribution in [2.24, 2.45) is 10.9 Å². The van der Waals surface area contributed by atoms with E-state index in [1.807, 2.05) is 0 Å². The standard InChI is InChI=1S/C18H35NO3/c1-5-7-8-9-10-11-13-17(14-12-15-19-16-20)18(6-2,21-3)22-4/h17H,5-15H2,1-4H3. The van der Waals surface area contributed by atoms with Crippen LogP contribution in [-0.2, 0) is 14.3 Å². The maximum atomic E-state index is 10.2. The number of carbonyl (C=O) groups excluding carboxylic acids is 1. The zero-order valence-corrected chi connectivity index (χ0v) is 15.0. The average molecular weight is 313 g/mol. The maximum absolute atomic E-state index is 10.2. The Morgan fingerprint density at radius 2 is 1.55 bits per heavy atom. The van der Waals surface area contributed by atoms with Crippen molar-refractivity contribution in [1.29, 1.82) is 0 Å². The van der Waals surface area contributed by atoms with Crippen molar-refractivity contribution < 1.29 is 14.3 Å². The summed E-state index contributed by atoms with van der Waals surface area (Å²) in [6.45, 7) is 4.89. The second-order valence-electron chi connectivity index (χ2n) is 5.94. The Kier molecular flexibility index (Phi) is 13.5. The molecule has 0 saturated heterocycles. The third-order valence-electron chi connectivity index (χ3n) is 4.60. The molecule has 0 fully saturated rings. The quantitative estimate of drug-likeness (QED) is 0.187. The summed E-state index contributed by atoms with van der Waals surface area (Å²) < 4.78 is 11.4. The van der Waals surface area contributed by atoms with Gasteiger partial charge in [0.2, 0.25) is 6.08 Å². The van der Waals surface area contributed by atoms with Crippen LogP contribution in [0.3, 0.4) is 0 Å². The predicted octanol–water partition coefficient (Wildman–Crippen LogP) is 4.87. The van der Waals surface area contributed by atoms with Crippen LogP contribution in [0.15, 0.2) is 4.99 Å². The van der Waals surface area contributed by atoms with Crippen molar-refractivity contribution >= 4 is 6.08 Å². The van der Waals surface area contributed by atoms with Crippen LogP contribution in [0.25, 0.3) is 0 Å². The highest BCUT2D eigenvalue weighted by Crippen LogP contribution is 2.34. The van der Waals surface area contributed by atoms with E-state index in [0.717, 1.165) is 25.7 Å². The SMILES string of the molecule is CCCCCCCCC(CCCN=C=O)C(CC)(OC)OC. The first-order valence-corrected chi connectivity index (χ1v) is 8.84. The molecule has 130 valence electrons. The molecule has 0 aliphatic heterocycles. The molecule has 0 aliphatic carbocycles. The van der Waals surface area contributed by atoms with E-state index in [9.17, 15) is 4.79 Å². The normalized spacial score (nSPS) is 12.9. The minimum atomic E-state index is -0.506. The highest BCUT2D eigenvalue weighted by atomic mass is 16.7. The van der Waals surface area contributed by atoms with Crippen molar-refractivity contribution in [3.8, 4) is 0 Å². The molecular formula is C18H35NO3. The Balaban J connectivity index is 4.40. The Bertz CT molecular complexity index is 288. The molecule has 0 N–H and O–H groups in total. The molecule has 0 radical (unpaired) electrons. The fraction of sp³-hybridized carbons (Fsp3) is 0.944. The topological polar surface area (TPSA) is 47.9 Å². The summed E-state index contributed by atoms with van der Waals surface area (Å²) in [6, 6.07) is 0. The highest BCUT2D eigenvalue weighted by Gasteiger charge is 2.36. The van der Waals surface area contributed by atoms with E-state index in [2.05, 4.69) is 18.8 Å². The summed E-state index contributed by atoms with van der Waals surface area (Å²) in [4.78, 5) is 13.8. The number of isocyanates is 1. The molecule has 0 aromatic rings. The lowest BCUT2D eigenvalue weighted by atomic mass is 9.86. The van der Waals surface area contributed by atoms with Crippen LogP contribution in [0.4, 0.5) is 0 Å². The Labute approximate surface area is 136 Å². The number of ether oxygens (including phenoxy) is 2. The molecule has 0 heterocycles. The van der Waals surface area contributed by atoms with Gasteiger partial charge >= 0.3 is 0 Å². The van der Waals surface area contributed by atoms with Gasteiger partial charge in [0.25, 0.3) is 0 Å². The molecule has 0 amide bonds. The van der Waals surface area contributed by atoms with Crippen molar-refractivity contribution in [3.05, 3.63) is 0 Å². The van der Waals surface area contributed by atoms with Gasteiger partial charge < -0.3 is 9.47 Å². The number of unbranched alkanes of at least 4 members (excludes halogenated alkanes) is 5. The Morgan fingerprint density at radius 1 is 0.955 bits per heavy atom. The number of nitrogens with zero attached hydrogens (tertiary/aromatic N) is 1. The third-order valence-corrected chi connectivity index (χ3v) is 4.60. The molecule has 0 spiro atoms. The van der Waals surface area contributed by atoms with Gasteiger partial charge in [0.1, 0.15) is 0 Å². The average Bonchev–Trinajstić information content (AvgIpc) is 2.55. The van der Waals surface area contributed by atoms with Crippen molar-refractivity contribution in [3.63, 3.8) is 0 Å². The van der Waals surface area contributed by atoms with E-state index in [1.165, 1.54) is 38.5 Å². The first-order chi connectivity index (χ1) is 10.7. The summed E-state index contributed by atoms with van der Waals surface area (Å²) in [5.41, 5.74) is 0. The largest absolute Gasteiger partial charge is 0.353 e. The molecular weight excluding hydrogens is 278 g/mol. The van der Waals surface area contributed by atoms with Gasteiger partial charge in [0.05, 0.1) is 6.54 Å². The number of hydrogen-bond donors (Lipinski definition) is 0. The van der Waals surface area contributed by atoms with Crippen LogP contribution in [0, 0.1) is 5.92 Å². The lowest BCUT2D eigenvalue weighted by molar-refractivity contribution is -0.244. The monoisotopic (exact) mass is 313 g/mol. The van der Waals surface area contributed by atoms with Gasteiger partial charge in [-0.1, -0.05) is 52.4 Å². The zero-order valence-electron chi connectivity index (χ0n) is 15.0. The number of methoxy groups -OCH3 is 2. The lowest BCUT2D eigenvalue weighted by Gasteiger charge is -2.38. The van der Waals surface area contributed by atoms with E-state index in [1.54, 1.807) is 20.3 Å². The molecule has 0 aromatic carbocycles. The first-order valence-electron chi connectivity index (χ1n) is 8.84. The van der Waals surface area contributed by atoms with Crippen LogP contribution in [0.1, 0.15) is 78.1 Å². The number of aliphatic imine (C=N–C) groups is 1. The zero-order chi connectivity index (χ0) is 16.7. The van der Waals surface area contributed by atoms with Crippen LogP contribution >= 0.6 is 0 Å². The molecule has 4 nitrogen and oxygen atoms in total. The number of rotatable bonds is 15. The summed E-state index contributed by atoms with van der Waals surface area (Å²) in [5.74, 6) is -0.158. The molecule has 0 rings (SSSR count). The lowest BCUT2D eigenvalue weighted by Crippen LogP contribution is -2.41. The highest BCUT2D eigenvalue weighted by molar-refractivity contribution is 5.32. The first kappa shape index (κ1) is 21.3. The van der Waals surface area contributed by atoms with E-state index in [4.69, 9.17) is 9.47 Å². The molecule has 0 saturated carbocycles. The van der Waals surface area contributed by atoms with Gasteiger partial charge in [0.15, 0.2) is 5.79 Å². The van der Waals surface area contributed by atoms with Crippen molar-refractivity contribution in [2.45, 2.75) is 83.8 Å². The van der Waals surface area contributed by atoms with Crippen molar-refractivity contribution in [2.75, 3.05) is 20.8 Å². The minimum absolute atomic E-state index is 0.348. The van der Waals surface area contributed by atoms with E-state index >= 15 is 0 Å².